The van der Waals surface area contributed by atoms with Gasteiger partial charge in [-0.15, -0.1) is 11.3 Å². The van der Waals surface area contributed by atoms with Crippen LogP contribution in [-0.2, 0) is 21.4 Å². The van der Waals surface area contributed by atoms with Gasteiger partial charge in [-0.25, -0.2) is 13.4 Å². The molecular weight excluding hydrogens is 378 g/mol. The second-order valence-electron chi connectivity index (χ2n) is 5.59. The Morgan fingerprint density at radius 2 is 2.08 bits per heavy atom. The Morgan fingerprint density at radius 1 is 1.28 bits per heavy atom. The van der Waals surface area contributed by atoms with Crippen molar-refractivity contribution in [1.82, 2.24) is 14.6 Å². The van der Waals surface area contributed by atoms with Crippen LogP contribution in [0.3, 0.4) is 0 Å². The number of nitrogens with zero attached hydrogens (tertiary/aromatic N) is 2. The highest BCUT2D eigenvalue weighted by atomic mass is 32.2. The molecule has 0 aromatic carbocycles. The number of nitrogens with one attached hydrogen (secondary N) is 1. The summed E-state index contributed by atoms with van der Waals surface area (Å²) in [7, 11) is -3.44. The number of hydrogen-bond donors (Lipinski definition) is 1. The van der Waals surface area contributed by atoms with E-state index in [9.17, 15) is 13.2 Å². The van der Waals surface area contributed by atoms with E-state index in [0.717, 1.165) is 17.7 Å². The zero-order valence-electron chi connectivity index (χ0n) is 13.6. The van der Waals surface area contributed by atoms with Crippen LogP contribution in [0.2, 0.25) is 0 Å². The smallest absolute Gasteiger partial charge is 0.244 e. The van der Waals surface area contributed by atoms with Crippen LogP contribution in [0.4, 0.5) is 0 Å². The summed E-state index contributed by atoms with van der Waals surface area (Å²) in [6, 6.07) is 7.13. The molecule has 6 nitrogen and oxygen atoms in total. The number of pyridine rings is 1. The van der Waals surface area contributed by atoms with Gasteiger partial charge < -0.3 is 5.32 Å². The molecule has 0 atom stereocenters. The number of hydrogen-bond acceptors (Lipinski definition) is 6. The average Bonchev–Trinajstić information content (AvgIpc) is 3.32. The summed E-state index contributed by atoms with van der Waals surface area (Å²) in [5, 5.41) is 5.45. The highest BCUT2D eigenvalue weighted by Gasteiger charge is 2.27. The third-order valence-corrected chi connectivity index (χ3v) is 7.51. The van der Waals surface area contributed by atoms with Gasteiger partial charge in [0.25, 0.3) is 0 Å². The molecule has 1 saturated heterocycles. The van der Waals surface area contributed by atoms with Gasteiger partial charge >= 0.3 is 0 Å². The van der Waals surface area contributed by atoms with Gasteiger partial charge in [0, 0.05) is 24.2 Å². The SMILES string of the molecule is O=C(CSc1ccc(S(=O)(=O)N2CCCC2)cn1)NCc1cccs1. The molecule has 9 heteroatoms. The number of carbonyl (C=O) groups is 1. The number of thiophene rings is 1. The first-order chi connectivity index (χ1) is 12.1. The highest BCUT2D eigenvalue weighted by molar-refractivity contribution is 7.99. The monoisotopic (exact) mass is 397 g/mol. The molecule has 3 heterocycles. The fraction of sp³-hybridized carbons (Fsp3) is 0.375. The van der Waals surface area contributed by atoms with E-state index in [1.165, 1.54) is 22.3 Å². The van der Waals surface area contributed by atoms with Gasteiger partial charge in [0.2, 0.25) is 15.9 Å². The molecule has 0 bridgehead atoms. The molecule has 1 amide bonds. The Morgan fingerprint density at radius 3 is 2.72 bits per heavy atom. The van der Waals surface area contributed by atoms with Crippen LogP contribution in [0, 0.1) is 0 Å². The van der Waals surface area contributed by atoms with Gasteiger partial charge in [0.05, 0.1) is 17.3 Å². The van der Waals surface area contributed by atoms with Crippen LogP contribution in [0.5, 0.6) is 0 Å². The average molecular weight is 398 g/mol. The zero-order valence-corrected chi connectivity index (χ0v) is 16.0. The predicted octanol–water partition coefficient (Wildman–Crippen LogP) is 2.34. The molecule has 1 aliphatic heterocycles. The van der Waals surface area contributed by atoms with Gasteiger partial charge in [-0.1, -0.05) is 17.8 Å². The summed E-state index contributed by atoms with van der Waals surface area (Å²) in [4.78, 5) is 17.3. The quantitative estimate of drug-likeness (QED) is 0.726. The molecule has 2 aromatic heterocycles. The molecule has 2 aromatic rings. The maximum absolute atomic E-state index is 12.4. The molecule has 0 saturated carbocycles. The topological polar surface area (TPSA) is 79.4 Å². The minimum absolute atomic E-state index is 0.0750. The lowest BCUT2D eigenvalue weighted by molar-refractivity contribution is -0.118. The van der Waals surface area contributed by atoms with Gasteiger partial charge in [-0.05, 0) is 36.4 Å². The van der Waals surface area contributed by atoms with E-state index in [0.29, 0.717) is 24.7 Å². The van der Waals surface area contributed by atoms with Crippen molar-refractivity contribution >= 4 is 39.0 Å². The van der Waals surface area contributed by atoms with Crippen molar-refractivity contribution in [3.63, 3.8) is 0 Å². The lowest BCUT2D eigenvalue weighted by Crippen LogP contribution is -2.27. The van der Waals surface area contributed by atoms with Crippen LogP contribution in [0.15, 0.2) is 45.8 Å². The van der Waals surface area contributed by atoms with E-state index in [1.54, 1.807) is 23.5 Å². The molecule has 0 unspecified atom stereocenters. The van der Waals surface area contributed by atoms with E-state index in [2.05, 4.69) is 10.3 Å². The first-order valence-electron chi connectivity index (χ1n) is 7.94. The van der Waals surface area contributed by atoms with Gasteiger partial charge in [-0.2, -0.15) is 4.31 Å². The van der Waals surface area contributed by atoms with E-state index in [1.807, 2.05) is 17.5 Å². The first-order valence-corrected chi connectivity index (χ1v) is 11.2. The van der Waals surface area contributed by atoms with Crippen LogP contribution < -0.4 is 5.32 Å². The maximum Gasteiger partial charge on any atom is 0.244 e. The summed E-state index contributed by atoms with van der Waals surface area (Å²) >= 11 is 2.89. The van der Waals surface area contributed by atoms with Crippen LogP contribution in [0.1, 0.15) is 17.7 Å². The molecule has 0 aliphatic carbocycles. The van der Waals surface area contributed by atoms with Crippen molar-refractivity contribution in [2.24, 2.45) is 0 Å². The number of carbonyl (C=O) groups excluding carboxylic acids is 1. The predicted molar refractivity (Wildman–Crippen MR) is 99.1 cm³/mol. The van der Waals surface area contributed by atoms with Gasteiger partial charge in [0.1, 0.15) is 4.90 Å². The van der Waals surface area contributed by atoms with Crippen molar-refractivity contribution in [2.45, 2.75) is 29.3 Å². The molecule has 25 heavy (non-hydrogen) atoms. The number of aromatic nitrogens is 1. The van der Waals surface area contributed by atoms with Crippen LogP contribution >= 0.6 is 23.1 Å². The van der Waals surface area contributed by atoms with Crippen LogP contribution in [0.25, 0.3) is 0 Å². The molecule has 1 fully saturated rings. The highest BCUT2D eigenvalue weighted by Crippen LogP contribution is 2.22. The minimum Gasteiger partial charge on any atom is -0.350 e. The normalized spacial score (nSPS) is 15.4. The van der Waals surface area contributed by atoms with E-state index in [4.69, 9.17) is 0 Å². The molecule has 1 aliphatic rings. The third-order valence-electron chi connectivity index (χ3n) is 3.80. The summed E-state index contributed by atoms with van der Waals surface area (Å²) in [6.45, 7) is 1.67. The van der Waals surface area contributed by atoms with Crippen molar-refractivity contribution in [3.05, 3.63) is 40.7 Å². The standard InChI is InChI=1S/C16H19N3O3S3/c20-15(17-10-13-4-3-9-23-13)12-24-16-6-5-14(11-18-16)25(21,22)19-7-1-2-8-19/h3-6,9,11H,1-2,7-8,10,12H2,(H,17,20). The van der Waals surface area contributed by atoms with Crippen molar-refractivity contribution in [3.8, 4) is 0 Å². The Hall–Kier alpha value is -1.42. The lowest BCUT2D eigenvalue weighted by atomic mass is 10.4. The largest absolute Gasteiger partial charge is 0.350 e. The van der Waals surface area contributed by atoms with Crippen molar-refractivity contribution < 1.29 is 13.2 Å². The minimum atomic E-state index is -3.44. The molecule has 0 spiro atoms. The maximum atomic E-state index is 12.4. The molecule has 134 valence electrons. The number of amides is 1. The van der Waals surface area contributed by atoms with Gasteiger partial charge in [0.15, 0.2) is 0 Å². The summed E-state index contributed by atoms with van der Waals surface area (Å²) in [6.07, 6.45) is 3.18. The fourth-order valence-corrected chi connectivity index (χ4v) is 5.25. The fourth-order valence-electron chi connectivity index (χ4n) is 2.47. The molecule has 0 radical (unpaired) electrons. The molecule has 1 N–H and O–H groups in total. The Labute approximate surface area is 155 Å². The van der Waals surface area contributed by atoms with Crippen molar-refractivity contribution in [2.75, 3.05) is 18.8 Å². The Balaban J connectivity index is 1.51. The Kier molecular flexibility index (Phi) is 6.10. The lowest BCUT2D eigenvalue weighted by Gasteiger charge is -2.15. The number of sulfonamides is 1. The molecule has 3 rings (SSSR count). The summed E-state index contributed by atoms with van der Waals surface area (Å²) < 4.78 is 26.3. The second-order valence-corrected chi connectivity index (χ2v) is 9.55. The first kappa shape index (κ1) is 18.4. The van der Waals surface area contributed by atoms with E-state index in [-0.39, 0.29) is 16.6 Å². The van der Waals surface area contributed by atoms with E-state index >= 15 is 0 Å². The van der Waals surface area contributed by atoms with Crippen molar-refractivity contribution in [1.29, 1.82) is 0 Å². The molecular formula is C16H19N3O3S3. The second kappa shape index (κ2) is 8.31. The summed E-state index contributed by atoms with van der Waals surface area (Å²) in [5.74, 6) is 0.172. The van der Waals surface area contributed by atoms with Crippen LogP contribution in [-0.4, -0.2) is 42.5 Å². The number of rotatable bonds is 7. The Bertz CT molecular complexity index is 799. The van der Waals surface area contributed by atoms with E-state index < -0.39 is 10.0 Å². The third kappa shape index (κ3) is 4.81. The number of thioether (sulfide) groups is 1. The van der Waals surface area contributed by atoms with Gasteiger partial charge in [-0.3, -0.25) is 4.79 Å². The zero-order chi connectivity index (χ0) is 17.7. The summed E-state index contributed by atoms with van der Waals surface area (Å²) in [5.41, 5.74) is 0.